The molecule has 98 valence electrons. The smallest absolute Gasteiger partial charge is 0.251 e. The van der Waals surface area contributed by atoms with Crippen molar-refractivity contribution < 1.29 is 9.90 Å². The van der Waals surface area contributed by atoms with Gasteiger partial charge in [0.1, 0.15) is 5.60 Å². The second kappa shape index (κ2) is 5.11. The Morgan fingerprint density at radius 2 is 1.94 bits per heavy atom. The molecule has 0 saturated heterocycles. The van der Waals surface area contributed by atoms with Crippen molar-refractivity contribution in [1.82, 2.24) is 5.32 Å². The molecular formula is C15H21NO2. The normalized spacial score (nSPS) is 15.1. The fourth-order valence-corrected chi connectivity index (χ4v) is 2.30. The van der Waals surface area contributed by atoms with Crippen LogP contribution in [0, 0.1) is 0 Å². The van der Waals surface area contributed by atoms with Crippen LogP contribution in [0.25, 0.3) is 0 Å². The number of amides is 1. The predicted molar refractivity (Wildman–Crippen MR) is 71.2 cm³/mol. The Hall–Kier alpha value is -1.35. The lowest BCUT2D eigenvalue weighted by atomic mass is 9.90. The molecule has 0 bridgehead atoms. The Bertz CT molecular complexity index is 446. The first kappa shape index (κ1) is 13.1. The fraction of sp³-hybridized carbons (Fsp3) is 0.533. The van der Waals surface area contributed by atoms with Crippen LogP contribution in [0.5, 0.6) is 0 Å². The van der Waals surface area contributed by atoms with Crippen LogP contribution in [0.1, 0.15) is 43.4 Å². The second-order valence-corrected chi connectivity index (χ2v) is 5.55. The highest BCUT2D eigenvalue weighted by Gasteiger charge is 2.23. The Kier molecular flexibility index (Phi) is 3.71. The molecular weight excluding hydrogens is 226 g/mol. The monoisotopic (exact) mass is 247 g/mol. The Balaban J connectivity index is 2.00. The molecule has 2 N–H and O–H groups in total. The Morgan fingerprint density at radius 3 is 2.61 bits per heavy atom. The van der Waals surface area contributed by atoms with Crippen LogP contribution in [0.4, 0.5) is 0 Å². The van der Waals surface area contributed by atoms with Gasteiger partial charge in [-0.1, -0.05) is 18.2 Å². The number of carbonyl (C=O) groups is 1. The molecule has 0 spiro atoms. The summed E-state index contributed by atoms with van der Waals surface area (Å²) in [5, 5.41) is 12.3. The lowest BCUT2D eigenvalue weighted by Crippen LogP contribution is -2.41. The van der Waals surface area contributed by atoms with E-state index in [1.807, 2.05) is 0 Å². The molecule has 0 atom stereocenters. The third kappa shape index (κ3) is 3.10. The van der Waals surface area contributed by atoms with Gasteiger partial charge in [0.25, 0.3) is 5.91 Å². The van der Waals surface area contributed by atoms with Gasteiger partial charge in [-0.05, 0) is 56.2 Å². The summed E-state index contributed by atoms with van der Waals surface area (Å²) in [6.07, 6.45) is 4.85. The number of rotatable bonds is 3. The molecule has 1 aliphatic carbocycles. The molecule has 0 aromatic heterocycles. The maximum atomic E-state index is 11.6. The summed E-state index contributed by atoms with van der Waals surface area (Å²) >= 11 is 0. The molecule has 0 fully saturated rings. The average Bonchev–Trinajstić information content (AvgIpc) is 2.34. The van der Waals surface area contributed by atoms with Crippen LogP contribution >= 0.6 is 0 Å². The van der Waals surface area contributed by atoms with Crippen LogP contribution in [0.2, 0.25) is 0 Å². The highest BCUT2D eigenvalue weighted by atomic mass is 16.3. The molecule has 0 radical (unpaired) electrons. The summed E-state index contributed by atoms with van der Waals surface area (Å²) in [7, 11) is 0. The van der Waals surface area contributed by atoms with Gasteiger partial charge in [0.2, 0.25) is 0 Å². The number of aryl methyl sites for hydroxylation is 2. The van der Waals surface area contributed by atoms with Gasteiger partial charge in [-0.2, -0.15) is 0 Å². The molecule has 1 aliphatic rings. The number of benzene rings is 1. The Morgan fingerprint density at radius 1 is 1.28 bits per heavy atom. The van der Waals surface area contributed by atoms with E-state index in [2.05, 4.69) is 23.5 Å². The molecule has 1 amide bonds. The van der Waals surface area contributed by atoms with Crippen LogP contribution in [0.3, 0.4) is 0 Å². The molecule has 0 heterocycles. The van der Waals surface area contributed by atoms with E-state index in [4.69, 9.17) is 0 Å². The van der Waals surface area contributed by atoms with Crippen LogP contribution < -0.4 is 5.32 Å². The number of fused-ring (bicyclic) bond motifs is 1. The van der Waals surface area contributed by atoms with Gasteiger partial charge in [0, 0.05) is 6.54 Å². The van der Waals surface area contributed by atoms with Crippen LogP contribution in [-0.2, 0) is 24.2 Å². The van der Waals surface area contributed by atoms with E-state index in [9.17, 15) is 9.90 Å². The molecule has 0 aliphatic heterocycles. The minimum Gasteiger partial charge on any atom is -0.381 e. The zero-order valence-electron chi connectivity index (χ0n) is 11.1. The lowest BCUT2D eigenvalue weighted by Gasteiger charge is -2.19. The standard InChI is InChI=1S/C15H21NO2/c1-15(2,18)14(17)16-10-11-7-8-12-5-3-4-6-13(12)9-11/h7-9,18H,3-6,10H2,1-2H3,(H,16,17). The molecule has 0 saturated carbocycles. The van der Waals surface area contributed by atoms with Crippen molar-refractivity contribution >= 4 is 5.91 Å². The van der Waals surface area contributed by atoms with Crippen LogP contribution in [-0.4, -0.2) is 16.6 Å². The van der Waals surface area contributed by atoms with E-state index < -0.39 is 5.60 Å². The number of hydrogen-bond donors (Lipinski definition) is 2. The third-order valence-corrected chi connectivity index (χ3v) is 3.42. The number of hydrogen-bond acceptors (Lipinski definition) is 2. The molecule has 0 unspecified atom stereocenters. The molecule has 3 heteroatoms. The summed E-state index contributed by atoms with van der Waals surface area (Å²) in [5.41, 5.74) is 2.65. The van der Waals surface area contributed by atoms with Gasteiger partial charge >= 0.3 is 0 Å². The van der Waals surface area contributed by atoms with Crippen molar-refractivity contribution in [2.24, 2.45) is 0 Å². The van der Waals surface area contributed by atoms with Gasteiger partial charge in [-0.15, -0.1) is 0 Å². The van der Waals surface area contributed by atoms with Crippen molar-refractivity contribution in [2.75, 3.05) is 0 Å². The summed E-state index contributed by atoms with van der Waals surface area (Å²) in [4.78, 5) is 11.6. The number of aliphatic hydroxyl groups is 1. The largest absolute Gasteiger partial charge is 0.381 e. The van der Waals surface area contributed by atoms with E-state index in [1.165, 1.54) is 44.2 Å². The van der Waals surface area contributed by atoms with E-state index in [1.54, 1.807) is 0 Å². The summed E-state index contributed by atoms with van der Waals surface area (Å²) in [5.74, 6) is -0.333. The van der Waals surface area contributed by atoms with Crippen molar-refractivity contribution in [3.05, 3.63) is 34.9 Å². The zero-order chi connectivity index (χ0) is 13.2. The lowest BCUT2D eigenvalue weighted by molar-refractivity contribution is -0.136. The number of carbonyl (C=O) groups excluding carboxylic acids is 1. The Labute approximate surface area is 108 Å². The van der Waals surface area contributed by atoms with Crippen molar-refractivity contribution in [2.45, 2.75) is 51.7 Å². The van der Waals surface area contributed by atoms with Gasteiger partial charge in [-0.3, -0.25) is 4.79 Å². The molecule has 18 heavy (non-hydrogen) atoms. The first-order valence-corrected chi connectivity index (χ1v) is 6.58. The SMILES string of the molecule is CC(C)(O)C(=O)NCc1ccc2c(c1)CCCC2. The summed E-state index contributed by atoms with van der Waals surface area (Å²) < 4.78 is 0. The van der Waals surface area contributed by atoms with Gasteiger partial charge in [0.15, 0.2) is 0 Å². The van der Waals surface area contributed by atoms with Gasteiger partial charge < -0.3 is 10.4 Å². The minimum absolute atomic E-state index is 0.333. The van der Waals surface area contributed by atoms with Crippen molar-refractivity contribution in [1.29, 1.82) is 0 Å². The van der Waals surface area contributed by atoms with E-state index in [0.717, 1.165) is 12.0 Å². The fourth-order valence-electron chi connectivity index (χ4n) is 2.30. The maximum Gasteiger partial charge on any atom is 0.251 e. The summed E-state index contributed by atoms with van der Waals surface area (Å²) in [6.45, 7) is 3.47. The van der Waals surface area contributed by atoms with Gasteiger partial charge in [0.05, 0.1) is 0 Å². The molecule has 3 nitrogen and oxygen atoms in total. The quantitative estimate of drug-likeness (QED) is 0.857. The second-order valence-electron chi connectivity index (χ2n) is 5.55. The molecule has 1 aromatic carbocycles. The molecule has 1 aromatic rings. The maximum absolute atomic E-state index is 11.6. The first-order chi connectivity index (χ1) is 8.47. The summed E-state index contributed by atoms with van der Waals surface area (Å²) in [6, 6.07) is 6.41. The minimum atomic E-state index is -1.31. The average molecular weight is 247 g/mol. The topological polar surface area (TPSA) is 49.3 Å². The van der Waals surface area contributed by atoms with Crippen LogP contribution in [0.15, 0.2) is 18.2 Å². The zero-order valence-corrected chi connectivity index (χ0v) is 11.1. The van der Waals surface area contributed by atoms with Crippen molar-refractivity contribution in [3.8, 4) is 0 Å². The van der Waals surface area contributed by atoms with E-state index in [-0.39, 0.29) is 5.91 Å². The highest BCUT2D eigenvalue weighted by molar-refractivity contribution is 5.83. The third-order valence-electron chi connectivity index (χ3n) is 3.42. The van der Waals surface area contributed by atoms with E-state index in [0.29, 0.717) is 6.54 Å². The first-order valence-electron chi connectivity index (χ1n) is 6.58. The predicted octanol–water partition coefficient (Wildman–Crippen LogP) is 1.95. The number of nitrogens with one attached hydrogen (secondary N) is 1. The van der Waals surface area contributed by atoms with Crippen molar-refractivity contribution in [3.63, 3.8) is 0 Å². The van der Waals surface area contributed by atoms with Gasteiger partial charge in [-0.25, -0.2) is 0 Å². The highest BCUT2D eigenvalue weighted by Crippen LogP contribution is 2.22. The van der Waals surface area contributed by atoms with E-state index >= 15 is 0 Å². The molecule has 2 rings (SSSR count).